The van der Waals surface area contributed by atoms with Crippen molar-refractivity contribution < 1.29 is 0 Å². The minimum absolute atomic E-state index is 0.664. The standard InChI is InChI=1S/C15H21N3/c1-17-14-7-4-5-12(9-14)11-18-15-8-3-2-6-13(15)10-16/h2-3,6,8,12,14,17-18H,4-5,7,9,11H2,1H3. The highest BCUT2D eigenvalue weighted by atomic mass is 14.9. The first kappa shape index (κ1) is 12.9. The monoisotopic (exact) mass is 243 g/mol. The average molecular weight is 243 g/mol. The zero-order chi connectivity index (χ0) is 12.8. The van der Waals surface area contributed by atoms with Gasteiger partial charge in [0.25, 0.3) is 0 Å². The molecule has 0 radical (unpaired) electrons. The van der Waals surface area contributed by atoms with E-state index >= 15 is 0 Å². The van der Waals surface area contributed by atoms with Crippen LogP contribution >= 0.6 is 0 Å². The SMILES string of the molecule is CNC1CCCC(CNc2ccccc2C#N)C1. The zero-order valence-electron chi connectivity index (χ0n) is 10.9. The normalized spacial score (nSPS) is 23.3. The fourth-order valence-corrected chi connectivity index (χ4v) is 2.73. The summed E-state index contributed by atoms with van der Waals surface area (Å²) >= 11 is 0. The summed E-state index contributed by atoms with van der Waals surface area (Å²) < 4.78 is 0. The van der Waals surface area contributed by atoms with Crippen LogP contribution in [0.15, 0.2) is 24.3 Å². The number of nitrogens with zero attached hydrogens (tertiary/aromatic N) is 1. The van der Waals surface area contributed by atoms with E-state index in [9.17, 15) is 0 Å². The molecule has 0 heterocycles. The van der Waals surface area contributed by atoms with Gasteiger partial charge in [-0.15, -0.1) is 0 Å². The van der Waals surface area contributed by atoms with Crippen LogP contribution in [0.5, 0.6) is 0 Å². The Bertz CT molecular complexity index is 422. The first-order valence-corrected chi connectivity index (χ1v) is 6.73. The second kappa shape index (κ2) is 6.42. The summed E-state index contributed by atoms with van der Waals surface area (Å²) in [5.74, 6) is 0.711. The van der Waals surface area contributed by atoms with Gasteiger partial charge in [0.05, 0.1) is 11.3 Å². The van der Waals surface area contributed by atoms with Crippen molar-refractivity contribution in [3.8, 4) is 6.07 Å². The third-order valence-electron chi connectivity index (χ3n) is 3.82. The lowest BCUT2D eigenvalue weighted by Crippen LogP contribution is -2.33. The van der Waals surface area contributed by atoms with Crippen LogP contribution in [0.3, 0.4) is 0 Å². The Kier molecular flexibility index (Phi) is 4.60. The van der Waals surface area contributed by atoms with Gasteiger partial charge in [-0.25, -0.2) is 0 Å². The number of nitriles is 1. The molecule has 0 saturated heterocycles. The summed E-state index contributed by atoms with van der Waals surface area (Å²) in [6.45, 7) is 0.969. The molecule has 0 bridgehead atoms. The molecule has 2 unspecified atom stereocenters. The van der Waals surface area contributed by atoms with Crippen molar-refractivity contribution in [2.45, 2.75) is 31.7 Å². The minimum atomic E-state index is 0.664. The molecule has 2 rings (SSSR count). The van der Waals surface area contributed by atoms with Gasteiger partial charge in [-0.2, -0.15) is 5.26 Å². The molecule has 0 aliphatic heterocycles. The lowest BCUT2D eigenvalue weighted by molar-refractivity contribution is 0.306. The Hall–Kier alpha value is -1.53. The number of rotatable bonds is 4. The highest BCUT2D eigenvalue weighted by molar-refractivity contribution is 5.57. The topological polar surface area (TPSA) is 47.8 Å². The Morgan fingerprint density at radius 2 is 2.17 bits per heavy atom. The smallest absolute Gasteiger partial charge is 0.101 e. The summed E-state index contributed by atoms with van der Waals surface area (Å²) in [7, 11) is 2.05. The average Bonchev–Trinajstić information content (AvgIpc) is 2.45. The third-order valence-corrected chi connectivity index (χ3v) is 3.82. The van der Waals surface area contributed by atoms with Crippen molar-refractivity contribution in [2.24, 2.45) is 5.92 Å². The van der Waals surface area contributed by atoms with Crippen molar-refractivity contribution in [3.63, 3.8) is 0 Å². The zero-order valence-corrected chi connectivity index (χ0v) is 10.9. The van der Waals surface area contributed by atoms with Crippen LogP contribution in [0.1, 0.15) is 31.2 Å². The number of hydrogen-bond donors (Lipinski definition) is 2. The summed E-state index contributed by atoms with van der Waals surface area (Å²) in [5.41, 5.74) is 1.70. The van der Waals surface area contributed by atoms with E-state index in [0.717, 1.165) is 17.8 Å². The number of anilines is 1. The van der Waals surface area contributed by atoms with Crippen LogP contribution < -0.4 is 10.6 Å². The molecule has 96 valence electrons. The third kappa shape index (κ3) is 3.24. The molecule has 0 spiro atoms. The molecule has 2 atom stereocenters. The Labute approximate surface area is 109 Å². The van der Waals surface area contributed by atoms with Crippen molar-refractivity contribution in [1.29, 1.82) is 5.26 Å². The molecule has 1 aliphatic carbocycles. The predicted octanol–water partition coefficient (Wildman–Crippen LogP) is 2.75. The molecule has 0 aromatic heterocycles. The highest BCUT2D eigenvalue weighted by Gasteiger charge is 2.20. The van der Waals surface area contributed by atoms with Crippen LogP contribution in [0.25, 0.3) is 0 Å². The molecular formula is C15H21N3. The first-order chi connectivity index (χ1) is 8.83. The maximum absolute atomic E-state index is 9.04. The predicted molar refractivity (Wildman–Crippen MR) is 74.5 cm³/mol. The van der Waals surface area contributed by atoms with E-state index in [0.29, 0.717) is 12.0 Å². The van der Waals surface area contributed by atoms with Crippen molar-refractivity contribution >= 4 is 5.69 Å². The van der Waals surface area contributed by atoms with E-state index in [1.807, 2.05) is 31.3 Å². The van der Waals surface area contributed by atoms with Gasteiger partial charge in [0.15, 0.2) is 0 Å². The van der Waals surface area contributed by atoms with Gasteiger partial charge in [0.1, 0.15) is 6.07 Å². The van der Waals surface area contributed by atoms with Crippen LogP contribution in [0.4, 0.5) is 5.69 Å². The number of hydrogen-bond acceptors (Lipinski definition) is 3. The molecule has 1 fully saturated rings. The van der Waals surface area contributed by atoms with E-state index in [4.69, 9.17) is 5.26 Å². The van der Waals surface area contributed by atoms with Gasteiger partial charge in [-0.1, -0.05) is 18.6 Å². The summed E-state index contributed by atoms with van der Waals surface area (Å²) in [4.78, 5) is 0. The number of para-hydroxylation sites is 1. The van der Waals surface area contributed by atoms with E-state index in [1.54, 1.807) is 0 Å². The quantitative estimate of drug-likeness (QED) is 0.855. The molecule has 1 aliphatic rings. The summed E-state index contributed by atoms with van der Waals surface area (Å²) in [6, 6.07) is 10.6. The molecule has 0 amide bonds. The lowest BCUT2D eigenvalue weighted by Gasteiger charge is -2.29. The number of nitrogens with one attached hydrogen (secondary N) is 2. The van der Waals surface area contributed by atoms with E-state index in [-0.39, 0.29) is 0 Å². The molecule has 2 N–H and O–H groups in total. The van der Waals surface area contributed by atoms with E-state index in [2.05, 4.69) is 16.7 Å². The van der Waals surface area contributed by atoms with Gasteiger partial charge in [0.2, 0.25) is 0 Å². The second-order valence-electron chi connectivity index (χ2n) is 5.06. The molecular weight excluding hydrogens is 222 g/mol. The van der Waals surface area contributed by atoms with Gasteiger partial charge in [-0.05, 0) is 44.4 Å². The number of benzene rings is 1. The second-order valence-corrected chi connectivity index (χ2v) is 5.06. The largest absolute Gasteiger partial charge is 0.384 e. The van der Waals surface area contributed by atoms with Crippen LogP contribution in [-0.4, -0.2) is 19.6 Å². The van der Waals surface area contributed by atoms with Crippen LogP contribution in [0, 0.1) is 17.2 Å². The van der Waals surface area contributed by atoms with Crippen LogP contribution in [-0.2, 0) is 0 Å². The van der Waals surface area contributed by atoms with Crippen molar-refractivity contribution in [2.75, 3.05) is 18.9 Å². The van der Waals surface area contributed by atoms with Gasteiger partial charge < -0.3 is 10.6 Å². The lowest BCUT2D eigenvalue weighted by atomic mass is 9.85. The first-order valence-electron chi connectivity index (χ1n) is 6.73. The molecule has 18 heavy (non-hydrogen) atoms. The Morgan fingerprint density at radius 3 is 2.94 bits per heavy atom. The molecule has 3 heteroatoms. The molecule has 3 nitrogen and oxygen atoms in total. The van der Waals surface area contributed by atoms with E-state index < -0.39 is 0 Å². The molecule has 1 aromatic carbocycles. The summed E-state index contributed by atoms with van der Waals surface area (Å²) in [5, 5.41) is 15.8. The maximum Gasteiger partial charge on any atom is 0.101 e. The Balaban J connectivity index is 1.89. The Morgan fingerprint density at radius 1 is 1.33 bits per heavy atom. The fraction of sp³-hybridized carbons (Fsp3) is 0.533. The van der Waals surface area contributed by atoms with E-state index in [1.165, 1.54) is 25.7 Å². The van der Waals surface area contributed by atoms with Crippen molar-refractivity contribution in [1.82, 2.24) is 5.32 Å². The van der Waals surface area contributed by atoms with Gasteiger partial charge in [-0.3, -0.25) is 0 Å². The van der Waals surface area contributed by atoms with Gasteiger partial charge >= 0.3 is 0 Å². The minimum Gasteiger partial charge on any atom is -0.384 e. The maximum atomic E-state index is 9.04. The van der Waals surface area contributed by atoms with Gasteiger partial charge in [0, 0.05) is 12.6 Å². The highest BCUT2D eigenvalue weighted by Crippen LogP contribution is 2.25. The van der Waals surface area contributed by atoms with Crippen LogP contribution in [0.2, 0.25) is 0 Å². The molecule has 1 saturated carbocycles. The molecule has 1 aromatic rings. The fourth-order valence-electron chi connectivity index (χ4n) is 2.73. The summed E-state index contributed by atoms with van der Waals surface area (Å²) in [6.07, 6.45) is 5.12. The van der Waals surface area contributed by atoms with Crippen molar-refractivity contribution in [3.05, 3.63) is 29.8 Å².